The first-order valence-corrected chi connectivity index (χ1v) is 11.5. The van der Waals surface area contributed by atoms with E-state index in [0.717, 1.165) is 66.3 Å². The summed E-state index contributed by atoms with van der Waals surface area (Å²) in [6, 6.07) is 0. The van der Waals surface area contributed by atoms with E-state index in [1.807, 2.05) is 21.8 Å². The van der Waals surface area contributed by atoms with Gasteiger partial charge in [0.2, 0.25) is 0 Å². The number of rotatable bonds is 2. The van der Waals surface area contributed by atoms with Crippen molar-refractivity contribution in [2.24, 2.45) is 0 Å². The number of nitrogens with zero attached hydrogens (tertiary/aromatic N) is 10. The Balaban J connectivity index is 1.44. The van der Waals surface area contributed by atoms with Gasteiger partial charge in [0.1, 0.15) is 24.3 Å². The molecule has 5 heterocycles. The van der Waals surface area contributed by atoms with E-state index in [4.69, 9.17) is 0 Å². The van der Waals surface area contributed by atoms with Crippen LogP contribution in [0.3, 0.4) is 0 Å². The van der Waals surface area contributed by atoms with Crippen LogP contribution in [0.4, 0.5) is 11.6 Å². The minimum Gasteiger partial charge on any atom is -0.354 e. The maximum atomic E-state index is 4.65. The summed E-state index contributed by atoms with van der Waals surface area (Å²) in [4.78, 5) is 23.0. The zero-order valence-corrected chi connectivity index (χ0v) is 20.3. The van der Waals surface area contributed by atoms with Crippen molar-refractivity contribution in [1.29, 1.82) is 0 Å². The fourth-order valence-electron chi connectivity index (χ4n) is 4.49. The second-order valence-corrected chi connectivity index (χ2v) is 10.7. The first-order valence-electron chi connectivity index (χ1n) is 11.5. The predicted molar refractivity (Wildman–Crippen MR) is 130 cm³/mol. The summed E-state index contributed by atoms with van der Waals surface area (Å²) >= 11 is 0. The average Bonchev–Trinajstić information content (AvgIpc) is 3.31. The van der Waals surface area contributed by atoms with Crippen molar-refractivity contribution in [2.45, 2.75) is 59.0 Å². The molecule has 0 spiro atoms. The van der Waals surface area contributed by atoms with Gasteiger partial charge in [-0.25, -0.2) is 29.3 Å². The van der Waals surface area contributed by atoms with E-state index < -0.39 is 0 Å². The molecule has 0 aliphatic carbocycles. The van der Waals surface area contributed by atoms with E-state index in [0.29, 0.717) is 0 Å². The average molecular weight is 449 g/mol. The van der Waals surface area contributed by atoms with E-state index in [-0.39, 0.29) is 11.1 Å². The van der Waals surface area contributed by atoms with Gasteiger partial charge in [0.25, 0.3) is 0 Å². The third-order valence-corrected chi connectivity index (χ3v) is 6.06. The van der Waals surface area contributed by atoms with Crippen LogP contribution in [0.25, 0.3) is 22.1 Å². The van der Waals surface area contributed by atoms with Crippen LogP contribution in [0, 0.1) is 0 Å². The Hall–Kier alpha value is -3.30. The van der Waals surface area contributed by atoms with E-state index >= 15 is 0 Å². The lowest BCUT2D eigenvalue weighted by Gasteiger charge is -2.24. The molecule has 10 nitrogen and oxygen atoms in total. The molecule has 33 heavy (non-hydrogen) atoms. The summed E-state index contributed by atoms with van der Waals surface area (Å²) in [6.07, 6.45) is 8.09. The summed E-state index contributed by atoms with van der Waals surface area (Å²) in [5.74, 6) is 1.90. The maximum Gasteiger partial charge on any atom is 0.163 e. The van der Waals surface area contributed by atoms with Gasteiger partial charge in [-0.05, 0) is 48.0 Å². The smallest absolute Gasteiger partial charge is 0.163 e. The van der Waals surface area contributed by atoms with Crippen molar-refractivity contribution in [3.8, 4) is 0 Å². The molecule has 0 N–H and O–H groups in total. The number of hydrogen-bond donors (Lipinski definition) is 0. The van der Waals surface area contributed by atoms with Gasteiger partial charge in [-0.15, -0.1) is 0 Å². The lowest BCUT2D eigenvalue weighted by molar-refractivity contribution is 0.365. The molecule has 5 rings (SSSR count). The highest BCUT2D eigenvalue weighted by Gasteiger charge is 2.25. The van der Waals surface area contributed by atoms with Gasteiger partial charge in [-0.1, -0.05) is 0 Å². The van der Waals surface area contributed by atoms with Gasteiger partial charge in [0, 0.05) is 26.2 Å². The predicted octanol–water partition coefficient (Wildman–Crippen LogP) is 3.19. The largest absolute Gasteiger partial charge is 0.354 e. The monoisotopic (exact) mass is 448 g/mol. The van der Waals surface area contributed by atoms with Crippen LogP contribution in [0.15, 0.2) is 25.0 Å². The molecule has 0 unspecified atom stereocenters. The number of fused-ring (bicyclic) bond motifs is 2. The molecule has 0 amide bonds. The summed E-state index contributed by atoms with van der Waals surface area (Å²) in [7, 11) is 0. The topological polar surface area (TPSA) is 93.7 Å². The van der Waals surface area contributed by atoms with Crippen molar-refractivity contribution >= 4 is 33.7 Å². The van der Waals surface area contributed by atoms with E-state index in [1.165, 1.54) is 0 Å². The Morgan fingerprint density at radius 2 is 1.03 bits per heavy atom. The van der Waals surface area contributed by atoms with E-state index in [1.54, 1.807) is 12.7 Å². The molecule has 174 valence electrons. The van der Waals surface area contributed by atoms with Crippen LogP contribution in [-0.4, -0.2) is 65.7 Å². The summed E-state index contributed by atoms with van der Waals surface area (Å²) in [5, 5.41) is 11.2. The molecule has 0 radical (unpaired) electrons. The summed E-state index contributed by atoms with van der Waals surface area (Å²) in [5.41, 5.74) is 1.47. The normalized spacial score (nSPS) is 16.1. The van der Waals surface area contributed by atoms with Crippen LogP contribution in [0.1, 0.15) is 48.0 Å². The molecule has 0 saturated carbocycles. The van der Waals surface area contributed by atoms with Crippen LogP contribution in [0.2, 0.25) is 0 Å². The van der Waals surface area contributed by atoms with Gasteiger partial charge in [-0.2, -0.15) is 10.2 Å². The van der Waals surface area contributed by atoms with Crippen molar-refractivity contribution in [2.75, 3.05) is 36.0 Å². The van der Waals surface area contributed by atoms with Crippen molar-refractivity contribution in [3.63, 3.8) is 0 Å². The lowest BCUT2D eigenvalue weighted by Crippen LogP contribution is -2.32. The van der Waals surface area contributed by atoms with E-state index in [9.17, 15) is 0 Å². The Morgan fingerprint density at radius 1 is 0.606 bits per heavy atom. The Labute approximate surface area is 193 Å². The number of anilines is 2. The minimum atomic E-state index is -0.140. The second-order valence-electron chi connectivity index (χ2n) is 10.7. The van der Waals surface area contributed by atoms with Gasteiger partial charge < -0.3 is 9.80 Å². The molecule has 0 aromatic carbocycles. The summed E-state index contributed by atoms with van der Waals surface area (Å²) < 4.78 is 3.95. The Bertz CT molecular complexity index is 1190. The van der Waals surface area contributed by atoms with Crippen LogP contribution in [-0.2, 0) is 11.1 Å². The van der Waals surface area contributed by atoms with Crippen LogP contribution >= 0.6 is 0 Å². The molecule has 1 aliphatic heterocycles. The van der Waals surface area contributed by atoms with Crippen LogP contribution < -0.4 is 9.80 Å². The van der Waals surface area contributed by atoms with Gasteiger partial charge in [0.05, 0.1) is 34.2 Å². The van der Waals surface area contributed by atoms with Crippen molar-refractivity contribution in [1.82, 2.24) is 39.5 Å². The summed E-state index contributed by atoms with van der Waals surface area (Å²) in [6.45, 7) is 16.3. The fraction of sp³-hybridized carbons (Fsp3) is 0.565. The fourth-order valence-corrected chi connectivity index (χ4v) is 4.49. The molecule has 1 fully saturated rings. The highest BCUT2D eigenvalue weighted by Crippen LogP contribution is 2.30. The second kappa shape index (κ2) is 7.64. The highest BCUT2D eigenvalue weighted by atomic mass is 15.4. The number of aromatic nitrogens is 8. The SMILES string of the molecule is CC(C)(C)n1ncc2c(N3CCCN(c4ncnc5c4cnn5C(C)(C)C)CC3)ncnc21. The standard InChI is InChI=1S/C23H32N10/c1-22(2,3)32-20-16(12-28-32)18(24-14-26-20)30-8-7-9-31(11-10-30)19-17-13-29-33(23(4,5)6)21(17)27-15-25-19/h12-15H,7-11H2,1-6H3. The molecule has 4 aromatic heterocycles. The lowest BCUT2D eigenvalue weighted by atomic mass is 10.1. The van der Waals surface area contributed by atoms with Crippen LogP contribution in [0.5, 0.6) is 0 Å². The Kier molecular flexibility index (Phi) is 4.98. The van der Waals surface area contributed by atoms with Gasteiger partial charge in [0.15, 0.2) is 11.3 Å². The minimum absolute atomic E-state index is 0.140. The van der Waals surface area contributed by atoms with Gasteiger partial charge >= 0.3 is 0 Å². The molecular weight excluding hydrogens is 416 g/mol. The first-order chi connectivity index (χ1) is 15.6. The van der Waals surface area contributed by atoms with Crippen molar-refractivity contribution < 1.29 is 0 Å². The zero-order chi connectivity index (χ0) is 23.4. The maximum absolute atomic E-state index is 4.65. The third kappa shape index (κ3) is 3.77. The molecule has 10 heteroatoms. The number of hydrogen-bond acceptors (Lipinski definition) is 8. The molecule has 0 bridgehead atoms. The molecule has 0 atom stereocenters. The Morgan fingerprint density at radius 3 is 1.42 bits per heavy atom. The molecular formula is C23H32N10. The molecule has 4 aromatic rings. The van der Waals surface area contributed by atoms with Crippen molar-refractivity contribution in [3.05, 3.63) is 25.0 Å². The van der Waals surface area contributed by atoms with E-state index in [2.05, 4.69) is 81.5 Å². The highest BCUT2D eigenvalue weighted by molar-refractivity contribution is 5.88. The zero-order valence-electron chi connectivity index (χ0n) is 20.3. The molecule has 1 saturated heterocycles. The van der Waals surface area contributed by atoms with Gasteiger partial charge in [-0.3, -0.25) is 0 Å². The molecule has 1 aliphatic rings. The first kappa shape index (κ1) is 21.5. The third-order valence-electron chi connectivity index (χ3n) is 6.06. The quantitative estimate of drug-likeness (QED) is 0.462.